The topological polar surface area (TPSA) is 53.3 Å². The minimum absolute atomic E-state index is 0.0564. The first-order valence-corrected chi connectivity index (χ1v) is 7.00. The standard InChI is InChI=1S/C16H18F2N2O3/c1-10-13(14(21)23-16(2,3)4)9-19-20(10)11-5-7-12(8-6-11)22-15(17)18/h5-9,15H,1-4H3. The molecule has 1 aromatic heterocycles. The van der Waals surface area contributed by atoms with Gasteiger partial charge in [-0.05, 0) is 52.0 Å². The molecule has 0 N–H and O–H groups in total. The molecule has 2 aromatic rings. The van der Waals surface area contributed by atoms with Gasteiger partial charge in [0.2, 0.25) is 0 Å². The van der Waals surface area contributed by atoms with Crippen LogP contribution in [0.4, 0.5) is 8.78 Å². The van der Waals surface area contributed by atoms with E-state index in [4.69, 9.17) is 4.74 Å². The Morgan fingerprint density at radius 2 is 1.83 bits per heavy atom. The highest BCUT2D eigenvalue weighted by molar-refractivity contribution is 5.90. The first kappa shape index (κ1) is 16.9. The predicted octanol–water partition coefficient (Wildman–Crippen LogP) is 3.74. The fourth-order valence-corrected chi connectivity index (χ4v) is 1.97. The van der Waals surface area contributed by atoms with E-state index in [2.05, 4.69) is 9.84 Å². The number of carbonyl (C=O) groups is 1. The fourth-order valence-electron chi connectivity index (χ4n) is 1.97. The van der Waals surface area contributed by atoms with Crippen LogP contribution in [0.5, 0.6) is 5.75 Å². The van der Waals surface area contributed by atoms with Gasteiger partial charge in [0.1, 0.15) is 16.9 Å². The maximum atomic E-state index is 12.1. The number of benzene rings is 1. The van der Waals surface area contributed by atoms with Crippen molar-refractivity contribution < 1.29 is 23.0 Å². The molecule has 0 fully saturated rings. The Labute approximate surface area is 132 Å². The first-order valence-electron chi connectivity index (χ1n) is 7.00. The van der Waals surface area contributed by atoms with E-state index >= 15 is 0 Å². The van der Waals surface area contributed by atoms with E-state index in [0.717, 1.165) is 0 Å². The van der Waals surface area contributed by atoms with E-state index in [1.165, 1.54) is 23.0 Å². The van der Waals surface area contributed by atoms with E-state index < -0.39 is 18.2 Å². The molecule has 1 aromatic carbocycles. The summed E-state index contributed by atoms with van der Waals surface area (Å²) in [6.07, 6.45) is 1.42. The number of hydrogen-bond donors (Lipinski definition) is 0. The summed E-state index contributed by atoms with van der Waals surface area (Å²) in [6, 6.07) is 5.98. The average Bonchev–Trinajstić information content (AvgIpc) is 2.79. The zero-order valence-electron chi connectivity index (χ0n) is 13.3. The second kappa shape index (κ2) is 6.36. The fraction of sp³-hybridized carbons (Fsp3) is 0.375. The number of esters is 1. The summed E-state index contributed by atoms with van der Waals surface area (Å²) in [6.45, 7) is 4.21. The molecule has 0 unspecified atom stereocenters. The zero-order chi connectivity index (χ0) is 17.2. The lowest BCUT2D eigenvalue weighted by Gasteiger charge is -2.19. The van der Waals surface area contributed by atoms with E-state index in [1.807, 2.05) is 0 Å². The highest BCUT2D eigenvalue weighted by Gasteiger charge is 2.22. The van der Waals surface area contributed by atoms with Crippen molar-refractivity contribution in [3.63, 3.8) is 0 Å². The largest absolute Gasteiger partial charge is 0.456 e. The van der Waals surface area contributed by atoms with Crippen LogP contribution < -0.4 is 4.74 Å². The van der Waals surface area contributed by atoms with Crippen molar-refractivity contribution in [2.24, 2.45) is 0 Å². The second-order valence-corrected chi connectivity index (χ2v) is 5.93. The molecule has 5 nitrogen and oxygen atoms in total. The number of ether oxygens (including phenoxy) is 2. The van der Waals surface area contributed by atoms with Gasteiger partial charge in [0, 0.05) is 0 Å². The van der Waals surface area contributed by atoms with Gasteiger partial charge >= 0.3 is 12.6 Å². The van der Waals surface area contributed by atoms with Crippen LogP contribution >= 0.6 is 0 Å². The Morgan fingerprint density at radius 3 is 2.35 bits per heavy atom. The van der Waals surface area contributed by atoms with Crippen LogP contribution in [0.3, 0.4) is 0 Å². The molecule has 0 aliphatic rings. The summed E-state index contributed by atoms with van der Waals surface area (Å²) in [7, 11) is 0. The summed E-state index contributed by atoms with van der Waals surface area (Å²) in [5.74, 6) is -0.403. The third-order valence-corrected chi connectivity index (χ3v) is 2.94. The molecule has 0 saturated carbocycles. The van der Waals surface area contributed by atoms with Gasteiger partial charge in [-0.15, -0.1) is 0 Å². The maximum absolute atomic E-state index is 12.1. The van der Waals surface area contributed by atoms with Crippen LogP contribution in [0.25, 0.3) is 5.69 Å². The third kappa shape index (κ3) is 4.28. The lowest BCUT2D eigenvalue weighted by atomic mass is 10.2. The molecule has 124 valence electrons. The Hall–Kier alpha value is -2.44. The summed E-state index contributed by atoms with van der Waals surface area (Å²) in [4.78, 5) is 12.1. The summed E-state index contributed by atoms with van der Waals surface area (Å²) in [5, 5.41) is 4.15. The number of nitrogens with zero attached hydrogens (tertiary/aromatic N) is 2. The van der Waals surface area contributed by atoms with Gasteiger partial charge in [-0.1, -0.05) is 0 Å². The van der Waals surface area contributed by atoms with E-state index in [1.54, 1.807) is 39.8 Å². The molecule has 0 atom stereocenters. The number of rotatable bonds is 4. The van der Waals surface area contributed by atoms with Gasteiger partial charge < -0.3 is 9.47 Å². The van der Waals surface area contributed by atoms with Crippen LogP contribution in [-0.2, 0) is 4.74 Å². The quantitative estimate of drug-likeness (QED) is 0.804. The molecular formula is C16H18F2N2O3. The molecule has 0 amide bonds. The van der Waals surface area contributed by atoms with Crippen LogP contribution in [0, 0.1) is 6.92 Å². The monoisotopic (exact) mass is 324 g/mol. The third-order valence-electron chi connectivity index (χ3n) is 2.94. The highest BCUT2D eigenvalue weighted by Crippen LogP contribution is 2.21. The summed E-state index contributed by atoms with van der Waals surface area (Å²) >= 11 is 0. The first-order chi connectivity index (χ1) is 10.7. The SMILES string of the molecule is Cc1c(C(=O)OC(C)(C)C)cnn1-c1ccc(OC(F)F)cc1. The molecule has 23 heavy (non-hydrogen) atoms. The van der Waals surface area contributed by atoms with Crippen molar-refractivity contribution in [1.29, 1.82) is 0 Å². The van der Waals surface area contributed by atoms with Crippen molar-refractivity contribution in [3.05, 3.63) is 41.7 Å². The van der Waals surface area contributed by atoms with Gasteiger partial charge in [-0.25, -0.2) is 9.48 Å². The van der Waals surface area contributed by atoms with Gasteiger partial charge in [-0.2, -0.15) is 13.9 Å². The lowest BCUT2D eigenvalue weighted by molar-refractivity contribution is -0.0498. The van der Waals surface area contributed by atoms with Crippen molar-refractivity contribution in [3.8, 4) is 11.4 Å². The molecule has 0 aliphatic carbocycles. The van der Waals surface area contributed by atoms with E-state index in [-0.39, 0.29) is 5.75 Å². The molecule has 0 aliphatic heterocycles. The second-order valence-electron chi connectivity index (χ2n) is 5.93. The number of halogens is 2. The van der Waals surface area contributed by atoms with Gasteiger partial charge in [0.05, 0.1) is 17.6 Å². The van der Waals surface area contributed by atoms with Crippen LogP contribution in [0.2, 0.25) is 0 Å². The molecule has 2 rings (SSSR count). The van der Waals surface area contributed by atoms with Gasteiger partial charge in [-0.3, -0.25) is 0 Å². The number of aromatic nitrogens is 2. The molecule has 0 spiro atoms. The smallest absolute Gasteiger partial charge is 0.387 e. The van der Waals surface area contributed by atoms with Crippen molar-refractivity contribution in [2.75, 3.05) is 0 Å². The van der Waals surface area contributed by atoms with Gasteiger partial charge in [0.15, 0.2) is 0 Å². The van der Waals surface area contributed by atoms with Gasteiger partial charge in [0.25, 0.3) is 0 Å². The van der Waals surface area contributed by atoms with E-state index in [9.17, 15) is 13.6 Å². The molecule has 1 heterocycles. The molecule has 0 bridgehead atoms. The Kier molecular flexibility index (Phi) is 4.68. The molecule has 0 saturated heterocycles. The molecule has 0 radical (unpaired) electrons. The normalized spacial score (nSPS) is 11.6. The van der Waals surface area contributed by atoms with Crippen LogP contribution in [0.15, 0.2) is 30.5 Å². The Morgan fingerprint density at radius 1 is 1.22 bits per heavy atom. The van der Waals surface area contributed by atoms with Crippen molar-refractivity contribution >= 4 is 5.97 Å². The highest BCUT2D eigenvalue weighted by atomic mass is 19.3. The minimum Gasteiger partial charge on any atom is -0.456 e. The van der Waals surface area contributed by atoms with Crippen molar-refractivity contribution in [1.82, 2.24) is 9.78 Å². The summed E-state index contributed by atoms with van der Waals surface area (Å²) in [5.41, 5.74) is 0.980. The van der Waals surface area contributed by atoms with Crippen LogP contribution in [0.1, 0.15) is 36.8 Å². The maximum Gasteiger partial charge on any atom is 0.387 e. The predicted molar refractivity (Wildman–Crippen MR) is 80.1 cm³/mol. The van der Waals surface area contributed by atoms with E-state index in [0.29, 0.717) is 16.9 Å². The van der Waals surface area contributed by atoms with Crippen LogP contribution in [-0.4, -0.2) is 28.0 Å². The number of alkyl halides is 2. The molecular weight excluding hydrogens is 306 g/mol. The zero-order valence-corrected chi connectivity index (χ0v) is 13.3. The van der Waals surface area contributed by atoms with Crippen molar-refractivity contribution in [2.45, 2.75) is 39.9 Å². The minimum atomic E-state index is -2.87. The number of hydrogen-bond acceptors (Lipinski definition) is 4. The lowest BCUT2D eigenvalue weighted by Crippen LogP contribution is -2.24. The Bertz CT molecular complexity index is 688. The average molecular weight is 324 g/mol. The Balaban J connectivity index is 2.23. The summed E-state index contributed by atoms with van der Waals surface area (Å²) < 4.78 is 35.4. The molecule has 7 heteroatoms. The number of carbonyl (C=O) groups excluding carboxylic acids is 1.